The summed E-state index contributed by atoms with van der Waals surface area (Å²) < 4.78 is 18.5. The Morgan fingerprint density at radius 2 is 2.00 bits per heavy atom. The van der Waals surface area contributed by atoms with Crippen molar-refractivity contribution in [3.63, 3.8) is 0 Å². The lowest BCUT2D eigenvalue weighted by Gasteiger charge is -2.07. The number of halogens is 1. The van der Waals surface area contributed by atoms with E-state index < -0.39 is 0 Å². The Balaban J connectivity index is 2.87. The second kappa shape index (κ2) is 3.18. The van der Waals surface area contributed by atoms with Gasteiger partial charge in [0.25, 0.3) is 0 Å². The van der Waals surface area contributed by atoms with Gasteiger partial charge in [0, 0.05) is 22.5 Å². The van der Waals surface area contributed by atoms with Gasteiger partial charge < -0.3 is 10.5 Å². The first-order valence-corrected chi connectivity index (χ1v) is 4.24. The SMILES string of the molecule is COc1cc(N)cc2c(F)cccc12. The average Bonchev–Trinajstić information content (AvgIpc) is 2.18. The minimum Gasteiger partial charge on any atom is -0.496 e. The van der Waals surface area contributed by atoms with Crippen LogP contribution in [0.5, 0.6) is 5.75 Å². The van der Waals surface area contributed by atoms with Gasteiger partial charge in [-0.3, -0.25) is 0 Å². The zero-order chi connectivity index (χ0) is 10.1. The molecule has 0 unspecified atom stereocenters. The molecule has 0 aromatic heterocycles. The fraction of sp³-hybridized carbons (Fsp3) is 0.0909. The van der Waals surface area contributed by atoms with E-state index in [1.807, 2.05) is 0 Å². The van der Waals surface area contributed by atoms with Crippen LogP contribution >= 0.6 is 0 Å². The largest absolute Gasteiger partial charge is 0.496 e. The van der Waals surface area contributed by atoms with E-state index in [0.717, 1.165) is 5.39 Å². The molecule has 0 atom stereocenters. The predicted octanol–water partition coefficient (Wildman–Crippen LogP) is 2.57. The lowest BCUT2D eigenvalue weighted by Crippen LogP contribution is -1.91. The van der Waals surface area contributed by atoms with Crippen LogP contribution in [0.15, 0.2) is 30.3 Å². The zero-order valence-electron chi connectivity index (χ0n) is 7.75. The van der Waals surface area contributed by atoms with E-state index in [9.17, 15) is 4.39 Å². The summed E-state index contributed by atoms with van der Waals surface area (Å²) >= 11 is 0. The number of methoxy groups -OCH3 is 1. The third-order valence-corrected chi connectivity index (χ3v) is 2.15. The molecule has 2 rings (SSSR count). The van der Waals surface area contributed by atoms with Gasteiger partial charge >= 0.3 is 0 Å². The van der Waals surface area contributed by atoms with Crippen molar-refractivity contribution < 1.29 is 9.13 Å². The Labute approximate surface area is 81.1 Å². The third-order valence-electron chi connectivity index (χ3n) is 2.15. The topological polar surface area (TPSA) is 35.2 Å². The smallest absolute Gasteiger partial charge is 0.131 e. The van der Waals surface area contributed by atoms with Crippen molar-refractivity contribution in [3.05, 3.63) is 36.1 Å². The van der Waals surface area contributed by atoms with E-state index in [4.69, 9.17) is 10.5 Å². The van der Waals surface area contributed by atoms with Gasteiger partial charge in [0.1, 0.15) is 11.6 Å². The monoisotopic (exact) mass is 191 g/mol. The molecule has 2 aromatic carbocycles. The van der Waals surface area contributed by atoms with Crippen LogP contribution in [0.3, 0.4) is 0 Å². The molecular formula is C11H10FNO. The highest BCUT2D eigenvalue weighted by Crippen LogP contribution is 2.29. The highest BCUT2D eigenvalue weighted by atomic mass is 19.1. The molecule has 72 valence electrons. The fourth-order valence-corrected chi connectivity index (χ4v) is 1.50. The summed E-state index contributed by atoms with van der Waals surface area (Å²) in [6, 6.07) is 8.14. The Hall–Kier alpha value is -1.77. The first kappa shape index (κ1) is 8.81. The van der Waals surface area contributed by atoms with E-state index in [1.165, 1.54) is 6.07 Å². The molecule has 2 nitrogen and oxygen atoms in total. The Morgan fingerprint density at radius 1 is 1.21 bits per heavy atom. The summed E-state index contributed by atoms with van der Waals surface area (Å²) in [4.78, 5) is 0. The minimum absolute atomic E-state index is 0.284. The summed E-state index contributed by atoms with van der Waals surface area (Å²) in [5, 5.41) is 1.23. The lowest BCUT2D eigenvalue weighted by molar-refractivity contribution is 0.420. The number of rotatable bonds is 1. The van der Waals surface area contributed by atoms with Crippen LogP contribution in [-0.4, -0.2) is 7.11 Å². The van der Waals surface area contributed by atoms with Crippen molar-refractivity contribution >= 4 is 16.5 Å². The summed E-state index contributed by atoms with van der Waals surface area (Å²) in [5.74, 6) is 0.313. The number of ether oxygens (including phenoxy) is 1. The van der Waals surface area contributed by atoms with Gasteiger partial charge in [-0.2, -0.15) is 0 Å². The van der Waals surface area contributed by atoms with Crippen molar-refractivity contribution in [3.8, 4) is 5.75 Å². The second-order valence-electron chi connectivity index (χ2n) is 3.06. The van der Waals surface area contributed by atoms with Crippen LogP contribution in [0.1, 0.15) is 0 Å². The van der Waals surface area contributed by atoms with Crippen LogP contribution in [0.25, 0.3) is 10.8 Å². The van der Waals surface area contributed by atoms with Crippen molar-refractivity contribution in [2.45, 2.75) is 0 Å². The molecule has 0 aliphatic rings. The van der Waals surface area contributed by atoms with Gasteiger partial charge in [-0.1, -0.05) is 12.1 Å². The molecule has 3 heteroatoms. The van der Waals surface area contributed by atoms with Gasteiger partial charge in [0.15, 0.2) is 0 Å². The van der Waals surface area contributed by atoms with E-state index in [2.05, 4.69) is 0 Å². The maximum absolute atomic E-state index is 13.4. The summed E-state index contributed by atoms with van der Waals surface area (Å²) in [5.41, 5.74) is 6.12. The molecule has 0 radical (unpaired) electrons. The van der Waals surface area contributed by atoms with Crippen LogP contribution in [0.4, 0.5) is 10.1 Å². The first-order valence-electron chi connectivity index (χ1n) is 4.24. The quantitative estimate of drug-likeness (QED) is 0.703. The number of hydrogen-bond acceptors (Lipinski definition) is 2. The molecule has 0 spiro atoms. The summed E-state index contributed by atoms with van der Waals surface area (Å²) in [6.45, 7) is 0. The molecule has 0 saturated carbocycles. The molecule has 2 aromatic rings. The number of fused-ring (bicyclic) bond motifs is 1. The van der Waals surface area contributed by atoms with Gasteiger partial charge in [0.05, 0.1) is 7.11 Å². The van der Waals surface area contributed by atoms with E-state index in [-0.39, 0.29) is 5.82 Å². The molecule has 0 heterocycles. The maximum atomic E-state index is 13.4. The zero-order valence-corrected chi connectivity index (χ0v) is 7.75. The molecule has 2 N–H and O–H groups in total. The number of anilines is 1. The standard InChI is InChI=1S/C11H10FNO/c1-14-11-6-7(13)5-9-8(11)3-2-4-10(9)12/h2-6H,13H2,1H3. The van der Waals surface area contributed by atoms with E-state index in [0.29, 0.717) is 16.8 Å². The molecule has 0 amide bonds. The summed E-state index contributed by atoms with van der Waals surface area (Å²) in [7, 11) is 1.54. The van der Waals surface area contributed by atoms with Crippen LogP contribution < -0.4 is 10.5 Å². The van der Waals surface area contributed by atoms with Crippen LogP contribution in [0, 0.1) is 5.82 Å². The Kier molecular flexibility index (Phi) is 2.00. The molecule has 0 fully saturated rings. The van der Waals surface area contributed by atoms with E-state index in [1.54, 1.807) is 31.4 Å². The minimum atomic E-state index is -0.284. The predicted molar refractivity (Wildman–Crippen MR) is 54.9 cm³/mol. The van der Waals surface area contributed by atoms with Crippen molar-refractivity contribution in [1.82, 2.24) is 0 Å². The molecule has 0 aliphatic heterocycles. The van der Waals surface area contributed by atoms with Gasteiger partial charge in [-0.25, -0.2) is 4.39 Å². The molecular weight excluding hydrogens is 181 g/mol. The van der Waals surface area contributed by atoms with Gasteiger partial charge in [0.2, 0.25) is 0 Å². The number of hydrogen-bond donors (Lipinski definition) is 1. The average molecular weight is 191 g/mol. The summed E-state index contributed by atoms with van der Waals surface area (Å²) in [6.07, 6.45) is 0. The lowest BCUT2D eigenvalue weighted by atomic mass is 10.1. The maximum Gasteiger partial charge on any atom is 0.131 e. The van der Waals surface area contributed by atoms with Crippen LogP contribution in [-0.2, 0) is 0 Å². The Bertz CT molecular complexity index is 482. The van der Waals surface area contributed by atoms with Gasteiger partial charge in [-0.15, -0.1) is 0 Å². The highest BCUT2D eigenvalue weighted by molar-refractivity contribution is 5.91. The number of nitrogen functional groups attached to an aromatic ring is 1. The normalized spacial score (nSPS) is 10.4. The highest BCUT2D eigenvalue weighted by Gasteiger charge is 2.06. The number of benzene rings is 2. The molecule has 0 aliphatic carbocycles. The Morgan fingerprint density at radius 3 is 2.71 bits per heavy atom. The molecule has 0 saturated heterocycles. The van der Waals surface area contributed by atoms with Crippen molar-refractivity contribution in [2.75, 3.05) is 12.8 Å². The van der Waals surface area contributed by atoms with Crippen molar-refractivity contribution in [1.29, 1.82) is 0 Å². The van der Waals surface area contributed by atoms with Gasteiger partial charge in [-0.05, 0) is 12.1 Å². The van der Waals surface area contributed by atoms with Crippen LogP contribution in [0.2, 0.25) is 0 Å². The first-order chi connectivity index (χ1) is 6.72. The third kappa shape index (κ3) is 1.27. The van der Waals surface area contributed by atoms with Crippen molar-refractivity contribution in [2.24, 2.45) is 0 Å². The van der Waals surface area contributed by atoms with E-state index >= 15 is 0 Å². The number of nitrogens with two attached hydrogens (primary N) is 1. The fourth-order valence-electron chi connectivity index (χ4n) is 1.50. The second-order valence-corrected chi connectivity index (χ2v) is 3.06. The molecule has 0 bridgehead atoms. The molecule has 14 heavy (non-hydrogen) atoms.